The van der Waals surface area contributed by atoms with E-state index in [0.29, 0.717) is 6.04 Å². The maximum atomic E-state index is 4.39. The van der Waals surface area contributed by atoms with Crippen molar-refractivity contribution >= 4 is 11.3 Å². The summed E-state index contributed by atoms with van der Waals surface area (Å²) in [6.07, 6.45) is 4.58. The molecule has 0 radical (unpaired) electrons. The molecule has 1 aliphatic heterocycles. The van der Waals surface area contributed by atoms with E-state index in [-0.39, 0.29) is 0 Å². The monoisotopic (exact) mass is 239 g/mol. The van der Waals surface area contributed by atoms with Crippen LogP contribution < -0.4 is 5.32 Å². The molecule has 1 fully saturated rings. The van der Waals surface area contributed by atoms with Gasteiger partial charge >= 0.3 is 0 Å². The van der Waals surface area contributed by atoms with Crippen LogP contribution in [0.4, 0.5) is 0 Å². The Kier molecular flexibility index (Phi) is 4.32. The van der Waals surface area contributed by atoms with Gasteiger partial charge in [0.05, 0.1) is 6.04 Å². The molecule has 1 aromatic rings. The van der Waals surface area contributed by atoms with Gasteiger partial charge < -0.3 is 5.32 Å². The van der Waals surface area contributed by atoms with Crippen molar-refractivity contribution in [3.63, 3.8) is 0 Å². The fraction of sp³-hybridized carbons (Fsp3) is 0.750. The van der Waals surface area contributed by atoms with Gasteiger partial charge in [0.1, 0.15) is 5.01 Å². The number of rotatable bonds is 4. The molecule has 2 heterocycles. The molecule has 3 nitrogen and oxygen atoms in total. The van der Waals surface area contributed by atoms with Gasteiger partial charge in [0.25, 0.3) is 0 Å². The van der Waals surface area contributed by atoms with E-state index >= 15 is 0 Å². The van der Waals surface area contributed by atoms with E-state index in [1.54, 1.807) is 11.3 Å². The lowest BCUT2D eigenvalue weighted by molar-refractivity contribution is 0.199. The highest BCUT2D eigenvalue weighted by molar-refractivity contribution is 7.09. The van der Waals surface area contributed by atoms with Gasteiger partial charge in [-0.15, -0.1) is 11.3 Å². The van der Waals surface area contributed by atoms with Crippen LogP contribution in [0.15, 0.2) is 11.6 Å². The zero-order valence-electron chi connectivity index (χ0n) is 10.1. The van der Waals surface area contributed by atoms with E-state index in [9.17, 15) is 0 Å². The van der Waals surface area contributed by atoms with Crippen LogP contribution in [0, 0.1) is 5.92 Å². The highest BCUT2D eigenvalue weighted by atomic mass is 32.1. The van der Waals surface area contributed by atoms with Crippen molar-refractivity contribution in [2.45, 2.75) is 25.8 Å². The summed E-state index contributed by atoms with van der Waals surface area (Å²) < 4.78 is 0. The molecule has 1 N–H and O–H groups in total. The van der Waals surface area contributed by atoms with Crippen LogP contribution in [0.3, 0.4) is 0 Å². The molecule has 4 heteroatoms. The molecule has 1 aromatic heterocycles. The summed E-state index contributed by atoms with van der Waals surface area (Å²) in [6, 6.07) is 0.446. The van der Waals surface area contributed by atoms with Gasteiger partial charge in [-0.1, -0.05) is 0 Å². The first-order chi connectivity index (χ1) is 7.77. The summed E-state index contributed by atoms with van der Waals surface area (Å²) in [5.74, 6) is 0.807. The molecule has 0 amide bonds. The van der Waals surface area contributed by atoms with E-state index < -0.39 is 0 Å². The van der Waals surface area contributed by atoms with Gasteiger partial charge in [-0.25, -0.2) is 4.98 Å². The molecule has 0 saturated carbocycles. The van der Waals surface area contributed by atoms with E-state index in [4.69, 9.17) is 0 Å². The second-order valence-electron chi connectivity index (χ2n) is 4.70. The highest BCUT2D eigenvalue weighted by Crippen LogP contribution is 2.22. The Morgan fingerprint density at radius 3 is 3.19 bits per heavy atom. The first kappa shape index (κ1) is 12.0. The first-order valence-corrected chi connectivity index (χ1v) is 6.95. The van der Waals surface area contributed by atoms with Gasteiger partial charge in [-0.2, -0.15) is 0 Å². The molecular formula is C12H21N3S. The number of thiazole rings is 1. The van der Waals surface area contributed by atoms with Gasteiger partial charge in [-0.3, -0.25) is 4.90 Å². The van der Waals surface area contributed by atoms with E-state index in [2.05, 4.69) is 34.6 Å². The van der Waals surface area contributed by atoms with E-state index in [0.717, 1.165) is 5.92 Å². The average molecular weight is 239 g/mol. The summed E-state index contributed by atoms with van der Waals surface area (Å²) in [7, 11) is 2.21. The van der Waals surface area contributed by atoms with Crippen LogP contribution >= 0.6 is 11.3 Å². The maximum absolute atomic E-state index is 4.39. The fourth-order valence-electron chi connectivity index (χ4n) is 2.27. The van der Waals surface area contributed by atoms with Crippen LogP contribution in [0.25, 0.3) is 0 Å². The Hall–Kier alpha value is -0.450. The summed E-state index contributed by atoms with van der Waals surface area (Å²) in [5, 5.41) is 6.76. The van der Waals surface area contributed by atoms with Crippen molar-refractivity contribution in [2.75, 3.05) is 26.7 Å². The van der Waals surface area contributed by atoms with Crippen LogP contribution in [-0.4, -0.2) is 36.6 Å². The van der Waals surface area contributed by atoms with Crippen molar-refractivity contribution in [1.82, 2.24) is 15.2 Å². The Morgan fingerprint density at radius 2 is 2.56 bits per heavy atom. The fourth-order valence-corrected chi connectivity index (χ4v) is 3.03. The second-order valence-corrected chi connectivity index (χ2v) is 5.62. The predicted molar refractivity (Wildman–Crippen MR) is 68.8 cm³/mol. The lowest BCUT2D eigenvalue weighted by Crippen LogP contribution is -2.37. The lowest BCUT2D eigenvalue weighted by atomic mass is 9.99. The Labute approximate surface area is 102 Å². The molecule has 1 aliphatic rings. The first-order valence-electron chi connectivity index (χ1n) is 6.07. The topological polar surface area (TPSA) is 28.2 Å². The van der Waals surface area contributed by atoms with Crippen LogP contribution in [0.5, 0.6) is 0 Å². The minimum absolute atomic E-state index is 0.446. The smallest absolute Gasteiger partial charge is 0.109 e. The van der Waals surface area contributed by atoms with Gasteiger partial charge in [-0.05, 0) is 45.8 Å². The second kappa shape index (κ2) is 5.75. The van der Waals surface area contributed by atoms with Crippen molar-refractivity contribution < 1.29 is 0 Å². The SMILES string of the molecule is C[C@H](c1nccs1)N(C)C[C@@H]1CCCNC1. The Bertz CT molecular complexity index is 293. The molecule has 1 saturated heterocycles. The maximum Gasteiger partial charge on any atom is 0.109 e. The predicted octanol–water partition coefficient (Wildman–Crippen LogP) is 2.14. The number of hydrogen-bond donors (Lipinski definition) is 1. The average Bonchev–Trinajstić information content (AvgIpc) is 2.83. The summed E-state index contributed by atoms with van der Waals surface area (Å²) in [6.45, 7) is 5.79. The van der Waals surface area contributed by atoms with Crippen LogP contribution in [-0.2, 0) is 0 Å². The van der Waals surface area contributed by atoms with Crippen molar-refractivity contribution in [1.29, 1.82) is 0 Å². The molecule has 0 unspecified atom stereocenters. The lowest BCUT2D eigenvalue weighted by Gasteiger charge is -2.30. The van der Waals surface area contributed by atoms with E-state index in [1.807, 2.05) is 6.20 Å². The Morgan fingerprint density at radius 1 is 1.69 bits per heavy atom. The molecule has 2 atom stereocenters. The van der Waals surface area contributed by atoms with Gasteiger partial charge in [0.2, 0.25) is 0 Å². The molecule has 2 rings (SSSR count). The molecule has 0 aromatic carbocycles. The Balaban J connectivity index is 1.84. The molecule has 16 heavy (non-hydrogen) atoms. The summed E-state index contributed by atoms with van der Waals surface area (Å²) in [5.41, 5.74) is 0. The quantitative estimate of drug-likeness (QED) is 0.872. The normalized spacial score (nSPS) is 23.6. The highest BCUT2D eigenvalue weighted by Gasteiger charge is 2.19. The molecular weight excluding hydrogens is 218 g/mol. The number of piperidine rings is 1. The zero-order chi connectivity index (χ0) is 11.4. The van der Waals surface area contributed by atoms with Crippen molar-refractivity contribution in [3.05, 3.63) is 16.6 Å². The summed E-state index contributed by atoms with van der Waals surface area (Å²) in [4.78, 5) is 6.82. The molecule has 0 spiro atoms. The third-order valence-electron chi connectivity index (χ3n) is 3.42. The van der Waals surface area contributed by atoms with Crippen molar-refractivity contribution in [2.24, 2.45) is 5.92 Å². The number of nitrogens with one attached hydrogen (secondary N) is 1. The number of nitrogens with zero attached hydrogens (tertiary/aromatic N) is 2. The summed E-state index contributed by atoms with van der Waals surface area (Å²) >= 11 is 1.75. The minimum atomic E-state index is 0.446. The van der Waals surface area contributed by atoms with Gasteiger partial charge in [0, 0.05) is 18.1 Å². The third-order valence-corrected chi connectivity index (χ3v) is 4.36. The minimum Gasteiger partial charge on any atom is -0.316 e. The zero-order valence-corrected chi connectivity index (χ0v) is 11.0. The van der Waals surface area contributed by atoms with Crippen LogP contribution in [0.2, 0.25) is 0 Å². The molecule has 0 aliphatic carbocycles. The van der Waals surface area contributed by atoms with Crippen LogP contribution in [0.1, 0.15) is 30.8 Å². The number of hydrogen-bond acceptors (Lipinski definition) is 4. The third kappa shape index (κ3) is 3.03. The largest absolute Gasteiger partial charge is 0.316 e. The number of aromatic nitrogens is 1. The van der Waals surface area contributed by atoms with Crippen molar-refractivity contribution in [3.8, 4) is 0 Å². The standard InChI is InChI=1S/C12H21N3S/c1-10(12-14-6-7-16-12)15(2)9-11-4-3-5-13-8-11/h6-7,10-11,13H,3-5,8-9H2,1-2H3/t10-,11-/m1/s1. The van der Waals surface area contributed by atoms with Gasteiger partial charge in [0.15, 0.2) is 0 Å². The molecule has 90 valence electrons. The van der Waals surface area contributed by atoms with E-state index in [1.165, 1.54) is 37.5 Å². The molecule has 0 bridgehead atoms.